The Morgan fingerprint density at radius 2 is 2.14 bits per heavy atom. The third-order valence-corrected chi connectivity index (χ3v) is 1.49. The van der Waals surface area contributed by atoms with Crippen molar-refractivity contribution in [3.05, 3.63) is 18.2 Å². The van der Waals surface area contributed by atoms with Crippen LogP contribution in [0.15, 0.2) is 12.3 Å². The standard InChI is InChI=1S/C8H11BFNO3/c1-5(2)14-6-3-7(9(12)13)8(10)11-4-6/h3-5,12-13H,1-2H3. The van der Waals surface area contributed by atoms with Crippen LogP contribution >= 0.6 is 0 Å². The number of hydrogen-bond acceptors (Lipinski definition) is 4. The van der Waals surface area contributed by atoms with Crippen LogP contribution in [0.25, 0.3) is 0 Å². The van der Waals surface area contributed by atoms with Gasteiger partial charge in [0.1, 0.15) is 5.75 Å². The van der Waals surface area contributed by atoms with Gasteiger partial charge in [-0.3, -0.25) is 0 Å². The molecule has 0 aliphatic heterocycles. The Morgan fingerprint density at radius 3 is 2.64 bits per heavy atom. The van der Waals surface area contributed by atoms with Crippen LogP contribution in [0.4, 0.5) is 4.39 Å². The SMILES string of the molecule is CC(C)Oc1cnc(F)c(B(O)O)c1. The zero-order valence-electron chi connectivity index (χ0n) is 7.94. The fraction of sp³-hybridized carbons (Fsp3) is 0.375. The van der Waals surface area contributed by atoms with Crippen LogP contribution in [0.5, 0.6) is 5.75 Å². The van der Waals surface area contributed by atoms with Crippen LogP contribution in [0.1, 0.15) is 13.8 Å². The number of pyridine rings is 1. The van der Waals surface area contributed by atoms with E-state index < -0.39 is 13.1 Å². The monoisotopic (exact) mass is 199 g/mol. The molecule has 0 bridgehead atoms. The van der Waals surface area contributed by atoms with E-state index in [1.165, 1.54) is 12.3 Å². The van der Waals surface area contributed by atoms with Gasteiger partial charge < -0.3 is 14.8 Å². The van der Waals surface area contributed by atoms with Crippen molar-refractivity contribution >= 4 is 12.6 Å². The summed E-state index contributed by atoms with van der Waals surface area (Å²) in [5, 5.41) is 17.6. The van der Waals surface area contributed by atoms with Gasteiger partial charge in [-0.25, -0.2) is 4.98 Å². The summed E-state index contributed by atoms with van der Waals surface area (Å²) in [4.78, 5) is 3.34. The highest BCUT2D eigenvalue weighted by molar-refractivity contribution is 6.58. The van der Waals surface area contributed by atoms with E-state index in [2.05, 4.69) is 4.98 Å². The maximum Gasteiger partial charge on any atom is 0.493 e. The van der Waals surface area contributed by atoms with Gasteiger partial charge in [0.2, 0.25) is 5.95 Å². The molecule has 0 fully saturated rings. The van der Waals surface area contributed by atoms with Gasteiger partial charge in [-0.05, 0) is 19.9 Å². The van der Waals surface area contributed by atoms with E-state index in [1.54, 1.807) is 13.8 Å². The van der Waals surface area contributed by atoms with Crippen LogP contribution in [0.3, 0.4) is 0 Å². The molecular weight excluding hydrogens is 188 g/mol. The summed E-state index contributed by atoms with van der Waals surface area (Å²) in [7, 11) is -1.88. The molecule has 1 aromatic heterocycles. The highest BCUT2D eigenvalue weighted by Gasteiger charge is 2.18. The summed E-state index contributed by atoms with van der Waals surface area (Å²) < 4.78 is 18.1. The molecule has 4 nitrogen and oxygen atoms in total. The zero-order chi connectivity index (χ0) is 10.7. The van der Waals surface area contributed by atoms with Crippen molar-refractivity contribution in [2.45, 2.75) is 20.0 Å². The highest BCUT2D eigenvalue weighted by atomic mass is 19.1. The van der Waals surface area contributed by atoms with Crippen molar-refractivity contribution in [3.63, 3.8) is 0 Å². The van der Waals surface area contributed by atoms with Gasteiger partial charge in [0.25, 0.3) is 0 Å². The first-order valence-electron chi connectivity index (χ1n) is 4.19. The number of nitrogens with zero attached hydrogens (tertiary/aromatic N) is 1. The lowest BCUT2D eigenvalue weighted by Crippen LogP contribution is -2.33. The van der Waals surface area contributed by atoms with Crippen LogP contribution in [0, 0.1) is 5.95 Å². The number of aromatic nitrogens is 1. The van der Waals surface area contributed by atoms with Gasteiger partial charge >= 0.3 is 7.12 Å². The molecule has 0 amide bonds. The topological polar surface area (TPSA) is 62.6 Å². The number of hydrogen-bond donors (Lipinski definition) is 2. The molecule has 6 heteroatoms. The molecule has 0 atom stereocenters. The second-order valence-electron chi connectivity index (χ2n) is 3.09. The molecule has 14 heavy (non-hydrogen) atoms. The number of halogens is 1. The van der Waals surface area contributed by atoms with Crippen LogP contribution in [-0.4, -0.2) is 28.3 Å². The lowest BCUT2D eigenvalue weighted by atomic mass is 9.81. The molecule has 1 aromatic rings. The molecule has 0 saturated carbocycles. The largest absolute Gasteiger partial charge is 0.493 e. The maximum absolute atomic E-state index is 12.9. The van der Waals surface area contributed by atoms with Crippen molar-refractivity contribution in [2.24, 2.45) is 0 Å². The van der Waals surface area contributed by atoms with Gasteiger partial charge in [0.15, 0.2) is 0 Å². The Morgan fingerprint density at radius 1 is 1.50 bits per heavy atom. The Bertz CT molecular complexity index is 319. The smallest absolute Gasteiger partial charge is 0.489 e. The normalized spacial score (nSPS) is 10.4. The summed E-state index contributed by atoms with van der Waals surface area (Å²) in [5.41, 5.74) is -0.289. The minimum absolute atomic E-state index is 0.0778. The van der Waals surface area contributed by atoms with Crippen molar-refractivity contribution in [2.75, 3.05) is 0 Å². The first-order chi connectivity index (χ1) is 6.50. The van der Waals surface area contributed by atoms with Gasteiger partial charge in [0, 0.05) is 5.46 Å². The molecular formula is C8H11BFNO3. The molecule has 0 aliphatic carbocycles. The molecule has 0 aliphatic rings. The molecule has 0 unspecified atom stereocenters. The summed E-state index contributed by atoms with van der Waals surface area (Å²) in [6.07, 6.45) is 1.12. The lowest BCUT2D eigenvalue weighted by molar-refractivity contribution is 0.241. The predicted octanol–water partition coefficient (Wildman–Crippen LogP) is -0.312. The van der Waals surface area contributed by atoms with Crippen LogP contribution in [0.2, 0.25) is 0 Å². The molecule has 1 heterocycles. The molecule has 2 N–H and O–H groups in total. The fourth-order valence-electron chi connectivity index (χ4n) is 0.963. The average molecular weight is 199 g/mol. The van der Waals surface area contributed by atoms with Crippen molar-refractivity contribution in [1.29, 1.82) is 0 Å². The fourth-order valence-corrected chi connectivity index (χ4v) is 0.963. The van der Waals surface area contributed by atoms with E-state index in [0.29, 0.717) is 5.75 Å². The van der Waals surface area contributed by atoms with Crippen LogP contribution in [-0.2, 0) is 0 Å². The average Bonchev–Trinajstić information content (AvgIpc) is 2.07. The minimum Gasteiger partial charge on any atom is -0.489 e. The molecule has 0 spiro atoms. The van der Waals surface area contributed by atoms with Gasteiger partial charge in [-0.15, -0.1) is 0 Å². The van der Waals surface area contributed by atoms with E-state index in [0.717, 1.165) is 0 Å². The first kappa shape index (κ1) is 10.9. The Labute approximate surface area is 81.5 Å². The summed E-state index contributed by atoms with van der Waals surface area (Å²) >= 11 is 0. The maximum atomic E-state index is 12.9. The number of rotatable bonds is 3. The van der Waals surface area contributed by atoms with E-state index in [9.17, 15) is 4.39 Å². The van der Waals surface area contributed by atoms with E-state index in [-0.39, 0.29) is 11.6 Å². The second kappa shape index (κ2) is 4.39. The molecule has 1 rings (SSSR count). The molecule has 0 saturated heterocycles. The van der Waals surface area contributed by atoms with Crippen molar-refractivity contribution in [1.82, 2.24) is 4.98 Å². The van der Waals surface area contributed by atoms with Crippen molar-refractivity contribution in [3.8, 4) is 5.75 Å². The minimum atomic E-state index is -1.88. The zero-order valence-corrected chi connectivity index (χ0v) is 7.94. The van der Waals surface area contributed by atoms with E-state index >= 15 is 0 Å². The molecule has 76 valence electrons. The Hall–Kier alpha value is -1.14. The van der Waals surface area contributed by atoms with Gasteiger partial charge in [0.05, 0.1) is 12.3 Å². The summed E-state index contributed by atoms with van der Waals surface area (Å²) in [6, 6.07) is 1.22. The van der Waals surface area contributed by atoms with Crippen LogP contribution < -0.4 is 10.2 Å². The lowest BCUT2D eigenvalue weighted by Gasteiger charge is -2.10. The van der Waals surface area contributed by atoms with E-state index in [1.807, 2.05) is 0 Å². The third-order valence-electron chi connectivity index (χ3n) is 1.49. The second-order valence-corrected chi connectivity index (χ2v) is 3.09. The number of ether oxygens (including phenoxy) is 1. The van der Waals surface area contributed by atoms with Gasteiger partial charge in [-0.1, -0.05) is 0 Å². The molecule has 0 radical (unpaired) electrons. The highest BCUT2D eigenvalue weighted by Crippen LogP contribution is 2.09. The Kier molecular flexibility index (Phi) is 3.43. The first-order valence-corrected chi connectivity index (χ1v) is 4.19. The quantitative estimate of drug-likeness (QED) is 0.517. The van der Waals surface area contributed by atoms with E-state index in [4.69, 9.17) is 14.8 Å². The summed E-state index contributed by atoms with van der Waals surface area (Å²) in [5.74, 6) is -0.597. The van der Waals surface area contributed by atoms with Gasteiger partial charge in [-0.2, -0.15) is 4.39 Å². The third kappa shape index (κ3) is 2.68. The summed E-state index contributed by atoms with van der Waals surface area (Å²) in [6.45, 7) is 3.61. The Balaban J connectivity index is 2.94. The predicted molar refractivity (Wildman–Crippen MR) is 49.8 cm³/mol. The van der Waals surface area contributed by atoms with Crippen molar-refractivity contribution < 1.29 is 19.2 Å². The molecule has 0 aromatic carbocycles.